The van der Waals surface area contributed by atoms with Crippen molar-refractivity contribution in [3.8, 4) is 28.1 Å². The van der Waals surface area contributed by atoms with E-state index in [9.17, 15) is 19.2 Å². The topological polar surface area (TPSA) is 136 Å². The second-order valence-corrected chi connectivity index (χ2v) is 10.1. The molecule has 1 aliphatic heterocycles. The predicted octanol–water partition coefficient (Wildman–Crippen LogP) is 2.44. The van der Waals surface area contributed by atoms with Gasteiger partial charge in [0.2, 0.25) is 5.91 Å². The van der Waals surface area contributed by atoms with Gasteiger partial charge in [0.1, 0.15) is 17.1 Å². The van der Waals surface area contributed by atoms with Crippen LogP contribution in [0.1, 0.15) is 28.8 Å². The van der Waals surface area contributed by atoms with Crippen LogP contribution in [0.4, 0.5) is 5.82 Å². The third kappa shape index (κ3) is 5.86. The SMILES string of the molecule is COc1cc(NC(=O)c2c(-c3cccc(-c4ccccc4)c3)n(C)c(=O)n(C)c2=O)ncc1CNCC1CCC(=O)N1. The molecule has 0 aliphatic carbocycles. The number of hydrogen-bond acceptors (Lipinski definition) is 7. The lowest BCUT2D eigenvalue weighted by molar-refractivity contribution is -0.119. The number of amides is 2. The quantitative estimate of drug-likeness (QED) is 0.282. The molecular formula is C31H32N6O5. The van der Waals surface area contributed by atoms with E-state index in [4.69, 9.17) is 4.74 Å². The lowest BCUT2D eigenvalue weighted by atomic mass is 9.99. The van der Waals surface area contributed by atoms with E-state index in [2.05, 4.69) is 20.9 Å². The van der Waals surface area contributed by atoms with Crippen LogP contribution in [0.3, 0.4) is 0 Å². The van der Waals surface area contributed by atoms with Crippen LogP contribution >= 0.6 is 0 Å². The van der Waals surface area contributed by atoms with E-state index in [0.717, 1.165) is 27.7 Å². The average molecular weight is 569 g/mol. The molecule has 11 nitrogen and oxygen atoms in total. The smallest absolute Gasteiger partial charge is 0.330 e. The summed E-state index contributed by atoms with van der Waals surface area (Å²) in [5.41, 5.74) is 1.88. The fourth-order valence-electron chi connectivity index (χ4n) is 5.11. The maximum absolute atomic E-state index is 13.7. The van der Waals surface area contributed by atoms with Crippen molar-refractivity contribution in [3.63, 3.8) is 0 Å². The Kier molecular flexibility index (Phi) is 8.30. The highest BCUT2D eigenvalue weighted by molar-refractivity contribution is 6.07. The van der Waals surface area contributed by atoms with Gasteiger partial charge in [0.15, 0.2) is 0 Å². The van der Waals surface area contributed by atoms with Crippen LogP contribution < -0.4 is 31.9 Å². The van der Waals surface area contributed by atoms with Crippen molar-refractivity contribution in [2.45, 2.75) is 25.4 Å². The summed E-state index contributed by atoms with van der Waals surface area (Å²) in [4.78, 5) is 55.7. The molecule has 0 saturated carbocycles. The second kappa shape index (κ2) is 12.2. The zero-order chi connectivity index (χ0) is 29.8. The van der Waals surface area contributed by atoms with Crippen molar-refractivity contribution in [2.75, 3.05) is 19.0 Å². The predicted molar refractivity (Wildman–Crippen MR) is 159 cm³/mol. The first-order valence-corrected chi connectivity index (χ1v) is 13.6. The maximum Gasteiger partial charge on any atom is 0.330 e. The Morgan fingerprint density at radius 1 is 1.00 bits per heavy atom. The molecule has 0 spiro atoms. The Bertz CT molecular complexity index is 1760. The van der Waals surface area contributed by atoms with Crippen LogP contribution in [-0.2, 0) is 25.4 Å². The number of benzene rings is 2. The summed E-state index contributed by atoms with van der Waals surface area (Å²) in [5, 5.41) is 8.92. The summed E-state index contributed by atoms with van der Waals surface area (Å²) in [6.07, 6.45) is 2.90. The number of anilines is 1. The lowest BCUT2D eigenvalue weighted by Crippen LogP contribution is -2.42. The highest BCUT2D eigenvalue weighted by Gasteiger charge is 2.24. The van der Waals surface area contributed by atoms with Crippen LogP contribution in [0.25, 0.3) is 22.4 Å². The molecule has 2 aromatic heterocycles. The summed E-state index contributed by atoms with van der Waals surface area (Å²) in [7, 11) is 4.39. The first-order valence-electron chi connectivity index (χ1n) is 13.6. The highest BCUT2D eigenvalue weighted by atomic mass is 16.5. The normalized spacial score (nSPS) is 14.5. The number of ether oxygens (including phenoxy) is 1. The maximum atomic E-state index is 13.7. The van der Waals surface area contributed by atoms with Gasteiger partial charge in [-0.05, 0) is 29.2 Å². The van der Waals surface area contributed by atoms with E-state index in [1.807, 2.05) is 48.5 Å². The van der Waals surface area contributed by atoms with E-state index in [0.29, 0.717) is 30.8 Å². The molecule has 2 aromatic carbocycles. The van der Waals surface area contributed by atoms with Crippen molar-refractivity contribution < 1.29 is 14.3 Å². The molecule has 0 bridgehead atoms. The van der Waals surface area contributed by atoms with Gasteiger partial charge in [0.25, 0.3) is 11.5 Å². The zero-order valence-corrected chi connectivity index (χ0v) is 23.6. The number of hydrogen-bond donors (Lipinski definition) is 3. The Labute approximate surface area is 242 Å². The molecule has 4 aromatic rings. The molecule has 11 heteroatoms. The summed E-state index contributed by atoms with van der Waals surface area (Å²) in [5.74, 6) is 0.0289. The minimum Gasteiger partial charge on any atom is -0.496 e. The molecule has 3 N–H and O–H groups in total. The van der Waals surface area contributed by atoms with Gasteiger partial charge in [-0.15, -0.1) is 0 Å². The monoisotopic (exact) mass is 568 g/mol. The third-order valence-electron chi connectivity index (χ3n) is 7.33. The van der Waals surface area contributed by atoms with Crippen LogP contribution in [0.15, 0.2) is 76.4 Å². The standard InChI is InChI=1S/C31H32N6O5/c1-36-28(21-11-7-10-20(14-21)19-8-5-4-6-9-19)27(30(40)37(2)31(36)41)29(39)35-25-15-24(42-3)22(17-33-25)16-32-18-23-12-13-26(38)34-23/h4-11,14-15,17,23,32H,12-13,16,18H2,1-3H3,(H,34,38)(H,33,35,39). The number of carbonyl (C=O) groups is 2. The van der Waals surface area contributed by atoms with Gasteiger partial charge in [0, 0.05) is 57.5 Å². The van der Waals surface area contributed by atoms with Crippen molar-refractivity contribution in [1.82, 2.24) is 24.8 Å². The van der Waals surface area contributed by atoms with Crippen LogP contribution in [0, 0.1) is 0 Å². The van der Waals surface area contributed by atoms with E-state index in [-0.39, 0.29) is 29.0 Å². The highest BCUT2D eigenvalue weighted by Crippen LogP contribution is 2.28. The number of nitrogens with zero attached hydrogens (tertiary/aromatic N) is 3. The number of methoxy groups -OCH3 is 1. The molecule has 1 atom stereocenters. The second-order valence-electron chi connectivity index (χ2n) is 10.1. The molecular weight excluding hydrogens is 536 g/mol. The summed E-state index contributed by atoms with van der Waals surface area (Å²) in [6.45, 7) is 1.05. The third-order valence-corrected chi connectivity index (χ3v) is 7.33. The number of aromatic nitrogens is 3. The Hall–Kier alpha value is -5.03. The van der Waals surface area contributed by atoms with E-state index < -0.39 is 17.2 Å². The number of rotatable bonds is 9. The minimum atomic E-state index is -0.720. The van der Waals surface area contributed by atoms with Gasteiger partial charge in [-0.2, -0.15) is 0 Å². The van der Waals surface area contributed by atoms with Crippen LogP contribution in [-0.4, -0.2) is 45.6 Å². The van der Waals surface area contributed by atoms with Gasteiger partial charge in [0.05, 0.1) is 12.8 Å². The molecule has 1 fully saturated rings. The van der Waals surface area contributed by atoms with Crippen molar-refractivity contribution in [2.24, 2.45) is 14.1 Å². The molecule has 42 heavy (non-hydrogen) atoms. The van der Waals surface area contributed by atoms with Gasteiger partial charge >= 0.3 is 5.69 Å². The van der Waals surface area contributed by atoms with Gasteiger partial charge in [-0.3, -0.25) is 23.5 Å². The van der Waals surface area contributed by atoms with Crippen molar-refractivity contribution in [1.29, 1.82) is 0 Å². The minimum absolute atomic E-state index is 0.0570. The largest absolute Gasteiger partial charge is 0.496 e. The van der Waals surface area contributed by atoms with Crippen LogP contribution in [0.2, 0.25) is 0 Å². The van der Waals surface area contributed by atoms with Gasteiger partial charge < -0.3 is 20.7 Å². The molecule has 0 radical (unpaired) electrons. The first-order chi connectivity index (χ1) is 20.3. The molecule has 3 heterocycles. The fraction of sp³-hybridized carbons (Fsp3) is 0.258. The molecule has 216 valence electrons. The van der Waals surface area contributed by atoms with E-state index >= 15 is 0 Å². The van der Waals surface area contributed by atoms with E-state index in [1.165, 1.54) is 25.8 Å². The van der Waals surface area contributed by atoms with Crippen molar-refractivity contribution >= 4 is 17.6 Å². The van der Waals surface area contributed by atoms with Gasteiger partial charge in [-0.25, -0.2) is 9.78 Å². The molecule has 1 unspecified atom stereocenters. The number of nitrogens with one attached hydrogen (secondary N) is 3. The molecule has 5 rings (SSSR count). The van der Waals surface area contributed by atoms with Gasteiger partial charge in [-0.1, -0.05) is 48.5 Å². The Morgan fingerprint density at radius 3 is 2.45 bits per heavy atom. The van der Waals surface area contributed by atoms with Crippen LogP contribution in [0.5, 0.6) is 5.75 Å². The zero-order valence-electron chi connectivity index (χ0n) is 23.6. The Morgan fingerprint density at radius 2 is 1.74 bits per heavy atom. The summed E-state index contributed by atoms with van der Waals surface area (Å²) in [6, 6.07) is 18.7. The van der Waals surface area contributed by atoms with Crippen molar-refractivity contribution in [3.05, 3.63) is 98.8 Å². The Balaban J connectivity index is 1.44. The number of pyridine rings is 1. The molecule has 2 amide bonds. The first kappa shape index (κ1) is 28.5. The number of carbonyl (C=O) groups excluding carboxylic acids is 2. The molecule has 1 saturated heterocycles. The average Bonchev–Trinajstić information content (AvgIpc) is 3.43. The summed E-state index contributed by atoms with van der Waals surface area (Å²) < 4.78 is 7.74. The molecule has 1 aliphatic rings. The van der Waals surface area contributed by atoms with E-state index in [1.54, 1.807) is 18.3 Å². The lowest BCUT2D eigenvalue weighted by Gasteiger charge is -2.17. The fourth-order valence-corrected chi connectivity index (χ4v) is 5.11. The summed E-state index contributed by atoms with van der Waals surface area (Å²) >= 11 is 0.